The quantitative estimate of drug-likeness (QED) is 0.171. The molecule has 0 nitrogen and oxygen atoms in total. The standard InChI is InChI=1S/C38H29.C2H6Si.2ClH.Zr/c1-23(2)20-27-22-36-30(31-19-18-25-17-16-24-9-5-13-32(31)37(24)25)12-7-15-34(36)38(27)33-14-6-11-29-28-10-4-3-8-26(28)21-35(29)33;1-3-2;;;/h3-19,21-23,38H,20H2,1-2H3;1-2H3;2*1H;/q-1;;;;+3/p-2. The van der Waals surface area contributed by atoms with Crippen molar-refractivity contribution in [1.29, 1.82) is 0 Å². The van der Waals surface area contributed by atoms with Crippen molar-refractivity contribution < 1.29 is 51.0 Å². The maximum atomic E-state index is 2.53. The topological polar surface area (TPSA) is 0 Å². The number of benzene rings is 5. The van der Waals surface area contributed by atoms with Crippen LogP contribution in [-0.2, 0) is 26.2 Å². The second-order valence-corrected chi connectivity index (χ2v) is 12.9. The van der Waals surface area contributed by atoms with Crippen LogP contribution in [0.2, 0.25) is 13.1 Å². The van der Waals surface area contributed by atoms with Gasteiger partial charge < -0.3 is 24.8 Å². The molecule has 1 atom stereocenters. The summed E-state index contributed by atoms with van der Waals surface area (Å²) in [5, 5.41) is 8.18. The molecule has 0 aliphatic heterocycles. The summed E-state index contributed by atoms with van der Waals surface area (Å²) in [6.45, 7) is 8.99. The van der Waals surface area contributed by atoms with Gasteiger partial charge in [0.25, 0.3) is 0 Å². The molecular formula is C40H35Cl2SiZr. The minimum Gasteiger partial charge on any atom is -1.00 e. The van der Waals surface area contributed by atoms with Crippen LogP contribution in [0, 0.1) is 5.92 Å². The van der Waals surface area contributed by atoms with Crippen molar-refractivity contribution in [2.24, 2.45) is 5.92 Å². The molecule has 0 saturated heterocycles. The van der Waals surface area contributed by atoms with Crippen LogP contribution in [-0.4, -0.2) is 9.52 Å². The molecular weight excluding hydrogens is 671 g/mol. The van der Waals surface area contributed by atoms with Crippen molar-refractivity contribution in [2.75, 3.05) is 0 Å². The first-order valence-corrected chi connectivity index (χ1v) is 16.8. The van der Waals surface area contributed by atoms with Crippen LogP contribution in [0.5, 0.6) is 0 Å². The van der Waals surface area contributed by atoms with Gasteiger partial charge in [0, 0.05) is 15.4 Å². The summed E-state index contributed by atoms with van der Waals surface area (Å²) in [5.74, 6) is 0.883. The number of fused-ring (bicyclic) bond motifs is 4. The van der Waals surface area contributed by atoms with Crippen LogP contribution in [0.25, 0.3) is 61.7 Å². The van der Waals surface area contributed by atoms with Crippen molar-refractivity contribution >= 4 is 60.1 Å². The number of halogens is 2. The van der Waals surface area contributed by atoms with Crippen molar-refractivity contribution in [3.05, 3.63) is 130 Å². The Kier molecular flexibility index (Phi) is 11.1. The third-order valence-corrected chi connectivity index (χ3v) is 8.63. The Morgan fingerprint density at radius 3 is 2.09 bits per heavy atom. The molecule has 0 aromatic heterocycles. The molecule has 0 spiro atoms. The molecule has 6 aromatic carbocycles. The van der Waals surface area contributed by atoms with Gasteiger partial charge in [0.2, 0.25) is 0 Å². The number of hydrogen-bond acceptors (Lipinski definition) is 0. The molecule has 2 aliphatic rings. The van der Waals surface area contributed by atoms with Gasteiger partial charge in [-0.05, 0) is 56.5 Å². The molecule has 6 aromatic rings. The van der Waals surface area contributed by atoms with Crippen molar-refractivity contribution in [1.82, 2.24) is 0 Å². The van der Waals surface area contributed by atoms with E-state index in [1.165, 1.54) is 76.8 Å². The maximum absolute atomic E-state index is 2.53. The summed E-state index contributed by atoms with van der Waals surface area (Å²) in [6.07, 6.45) is 8.12. The molecule has 0 saturated carbocycles. The Morgan fingerprint density at radius 2 is 1.32 bits per heavy atom. The molecule has 2 aliphatic carbocycles. The van der Waals surface area contributed by atoms with Crippen LogP contribution in [0.4, 0.5) is 0 Å². The van der Waals surface area contributed by atoms with Crippen LogP contribution >= 0.6 is 0 Å². The zero-order valence-electron chi connectivity index (χ0n) is 25.6. The van der Waals surface area contributed by atoms with E-state index in [1.807, 2.05) is 0 Å². The van der Waals surface area contributed by atoms with Crippen molar-refractivity contribution in [3.63, 3.8) is 0 Å². The van der Waals surface area contributed by atoms with E-state index in [9.17, 15) is 0 Å². The van der Waals surface area contributed by atoms with Crippen molar-refractivity contribution in [3.8, 4) is 11.1 Å². The first-order chi connectivity index (χ1) is 20.1. The zero-order valence-corrected chi connectivity index (χ0v) is 30.6. The monoisotopic (exact) mass is 703 g/mol. The molecule has 0 fully saturated rings. The van der Waals surface area contributed by atoms with E-state index in [0.717, 1.165) is 15.9 Å². The fraction of sp³-hybridized carbons (Fsp3) is 0.175. The first kappa shape index (κ1) is 34.3. The van der Waals surface area contributed by atoms with E-state index in [4.69, 9.17) is 0 Å². The number of rotatable bonds is 4. The molecule has 0 bridgehead atoms. The molecule has 44 heavy (non-hydrogen) atoms. The predicted octanol–water partition coefficient (Wildman–Crippen LogP) is 5.38. The smallest absolute Gasteiger partial charge is 1.00 e. The summed E-state index contributed by atoms with van der Waals surface area (Å²) in [6, 6.07) is 36.5. The Bertz CT molecular complexity index is 2000. The fourth-order valence-corrected chi connectivity index (χ4v) is 7.12. The molecule has 3 radical (unpaired) electrons. The maximum Gasteiger partial charge on any atom is 3.00 e. The van der Waals surface area contributed by atoms with E-state index >= 15 is 0 Å². The van der Waals surface area contributed by atoms with Gasteiger partial charge in [0.15, 0.2) is 0 Å². The second kappa shape index (κ2) is 14.2. The molecule has 1 unspecified atom stereocenters. The number of allylic oxidation sites excluding steroid dienone is 1. The van der Waals surface area contributed by atoms with Gasteiger partial charge in [-0.25, -0.2) is 0 Å². The molecule has 4 heteroatoms. The summed E-state index contributed by atoms with van der Waals surface area (Å²) < 4.78 is 0. The second-order valence-electron chi connectivity index (χ2n) is 11.9. The van der Waals surface area contributed by atoms with Crippen LogP contribution in [0.1, 0.15) is 54.0 Å². The average Bonchev–Trinajstić information content (AvgIpc) is 3.67. The van der Waals surface area contributed by atoms with E-state index in [2.05, 4.69) is 142 Å². The van der Waals surface area contributed by atoms with E-state index in [0.29, 0.717) is 5.92 Å². The first-order valence-electron chi connectivity index (χ1n) is 14.8. The van der Waals surface area contributed by atoms with Gasteiger partial charge in [-0.1, -0.05) is 141 Å². The van der Waals surface area contributed by atoms with E-state index in [-0.39, 0.29) is 56.9 Å². The van der Waals surface area contributed by atoms with Crippen LogP contribution in [0.3, 0.4) is 0 Å². The number of hydrogen-bond donors (Lipinski definition) is 0. The summed E-state index contributed by atoms with van der Waals surface area (Å²) in [7, 11) is 1.08. The molecule has 8 rings (SSSR count). The van der Waals surface area contributed by atoms with Gasteiger partial charge in [-0.15, -0.1) is 33.7 Å². The normalized spacial score (nSPS) is 14.0. The van der Waals surface area contributed by atoms with Crippen molar-refractivity contribution in [2.45, 2.75) is 39.3 Å². The third-order valence-electron chi connectivity index (χ3n) is 8.63. The van der Waals surface area contributed by atoms with Gasteiger partial charge >= 0.3 is 26.2 Å². The average molecular weight is 706 g/mol. The Hall–Kier alpha value is -2.61. The summed E-state index contributed by atoms with van der Waals surface area (Å²) in [4.78, 5) is 0. The zero-order chi connectivity index (χ0) is 28.1. The molecule has 0 amide bonds. The minimum absolute atomic E-state index is 0. The van der Waals surface area contributed by atoms with Gasteiger partial charge in [-0.2, -0.15) is 0 Å². The predicted molar refractivity (Wildman–Crippen MR) is 182 cm³/mol. The summed E-state index contributed by atoms with van der Waals surface area (Å²) >= 11 is 0. The van der Waals surface area contributed by atoms with Crippen LogP contribution in [0.15, 0.2) is 103 Å². The molecule has 0 heterocycles. The fourth-order valence-electron chi connectivity index (χ4n) is 7.12. The van der Waals surface area contributed by atoms with Gasteiger partial charge in [0.05, 0.1) is 0 Å². The van der Waals surface area contributed by atoms with Gasteiger partial charge in [-0.3, -0.25) is 0 Å². The minimum atomic E-state index is 0. The van der Waals surface area contributed by atoms with Gasteiger partial charge in [0.1, 0.15) is 0 Å². The Labute approximate surface area is 295 Å². The Morgan fingerprint density at radius 1 is 0.682 bits per heavy atom. The largest absolute Gasteiger partial charge is 3.00 e. The summed E-state index contributed by atoms with van der Waals surface area (Å²) in [5.41, 5.74) is 11.2. The third kappa shape index (κ3) is 5.76. The van der Waals surface area contributed by atoms with E-state index < -0.39 is 0 Å². The van der Waals surface area contributed by atoms with E-state index in [1.54, 1.807) is 0 Å². The Balaban J connectivity index is 0.000000710. The molecule has 0 N–H and O–H groups in total. The molecule has 217 valence electrons. The van der Waals surface area contributed by atoms with Crippen LogP contribution < -0.4 is 24.8 Å². The SMILES string of the molecule is CC(C)CC1=Cc2c(-c3ccc4c5c(cccc35)C=C4)cccc2C1c1cccc2c1[cH-]c1ccccc12.C[Si]C.[Cl-].[Cl-].[Zr+3].